The molecule has 1 rings (SSSR count). The molecule has 0 amide bonds. The summed E-state index contributed by atoms with van der Waals surface area (Å²) < 4.78 is 0. The first-order valence-electron chi connectivity index (χ1n) is 3.38. The van der Waals surface area contributed by atoms with Crippen molar-refractivity contribution in [3.63, 3.8) is 0 Å². The molecule has 0 radical (unpaired) electrons. The maximum Gasteiger partial charge on any atom is 0.265 e. The molecule has 0 aliphatic heterocycles. The zero-order chi connectivity index (χ0) is 9.68. The number of nitrogens with zero attached hydrogens (tertiary/aromatic N) is 4. The van der Waals surface area contributed by atoms with E-state index < -0.39 is 0 Å². The Morgan fingerprint density at radius 2 is 2.31 bits per heavy atom. The normalized spacial score (nSPS) is 9.38. The molecule has 0 aromatic carbocycles. The van der Waals surface area contributed by atoms with Crippen LogP contribution in [0.2, 0.25) is 5.28 Å². The average molecular weight is 217 g/mol. The van der Waals surface area contributed by atoms with Gasteiger partial charge in [-0.15, -0.1) is 4.99 Å². The zero-order valence-corrected chi connectivity index (χ0v) is 8.26. The van der Waals surface area contributed by atoms with Crippen LogP contribution >= 0.6 is 23.4 Å². The highest BCUT2D eigenvalue weighted by atomic mass is 35.5. The van der Waals surface area contributed by atoms with Crippen molar-refractivity contribution in [1.82, 2.24) is 15.0 Å². The number of aliphatic imine (C=N–C) groups is 1. The van der Waals surface area contributed by atoms with E-state index in [0.717, 1.165) is 5.75 Å². The Morgan fingerprint density at radius 1 is 1.54 bits per heavy atom. The maximum atomic E-state index is 9.91. The van der Waals surface area contributed by atoms with E-state index in [1.54, 1.807) is 0 Å². The van der Waals surface area contributed by atoms with Gasteiger partial charge in [-0.05, 0) is 17.4 Å². The molecule has 68 valence electrons. The van der Waals surface area contributed by atoms with Gasteiger partial charge < -0.3 is 0 Å². The molecule has 0 atom stereocenters. The van der Waals surface area contributed by atoms with Crippen molar-refractivity contribution in [1.29, 1.82) is 0 Å². The first-order chi connectivity index (χ1) is 6.26. The van der Waals surface area contributed by atoms with Crippen molar-refractivity contribution >= 4 is 35.4 Å². The number of aromatic nitrogens is 3. The number of thioether (sulfide) groups is 1. The quantitative estimate of drug-likeness (QED) is 0.436. The molecule has 0 saturated heterocycles. The van der Waals surface area contributed by atoms with Crippen LogP contribution in [0.5, 0.6) is 0 Å². The van der Waals surface area contributed by atoms with Crippen molar-refractivity contribution in [3.8, 4) is 0 Å². The predicted molar refractivity (Wildman–Crippen MR) is 49.0 cm³/mol. The van der Waals surface area contributed by atoms with E-state index in [2.05, 4.69) is 19.9 Å². The third-order valence-corrected chi connectivity index (χ3v) is 1.89. The van der Waals surface area contributed by atoms with Gasteiger partial charge >= 0.3 is 0 Å². The second-order valence-electron chi connectivity index (χ2n) is 1.82. The van der Waals surface area contributed by atoms with Crippen molar-refractivity contribution in [3.05, 3.63) is 5.28 Å². The molecule has 0 spiro atoms. The van der Waals surface area contributed by atoms with Gasteiger partial charge in [-0.3, -0.25) is 0 Å². The highest BCUT2D eigenvalue weighted by Crippen LogP contribution is 2.16. The predicted octanol–water partition coefficient (Wildman–Crippen LogP) is 1.60. The van der Waals surface area contributed by atoms with Crippen LogP contribution in [-0.2, 0) is 4.79 Å². The van der Waals surface area contributed by atoms with E-state index in [0.29, 0.717) is 5.16 Å². The summed E-state index contributed by atoms with van der Waals surface area (Å²) in [5.41, 5.74) is 0. The Labute approximate surface area is 83.7 Å². The molecule has 0 aliphatic rings. The molecule has 0 fully saturated rings. The number of hydrogen-bond donors (Lipinski definition) is 0. The fourth-order valence-electron chi connectivity index (χ4n) is 0.606. The summed E-state index contributed by atoms with van der Waals surface area (Å²) >= 11 is 6.95. The van der Waals surface area contributed by atoms with Crippen molar-refractivity contribution in [2.45, 2.75) is 12.1 Å². The molecule has 0 unspecified atom stereocenters. The van der Waals surface area contributed by atoms with E-state index in [1.807, 2.05) is 6.92 Å². The molecule has 7 heteroatoms. The molecule has 0 saturated carbocycles. The largest absolute Gasteiger partial charge is 0.265 e. The third kappa shape index (κ3) is 3.10. The Morgan fingerprint density at radius 3 is 2.92 bits per heavy atom. The van der Waals surface area contributed by atoms with E-state index in [4.69, 9.17) is 11.6 Å². The van der Waals surface area contributed by atoms with Crippen LogP contribution in [0.4, 0.5) is 5.95 Å². The number of carbonyl (C=O) groups excluding carboxylic acids is 1. The molecule has 0 bridgehead atoms. The SMILES string of the molecule is CCSc1nc(Cl)nc(N=C=O)n1. The second-order valence-corrected chi connectivity index (χ2v) is 3.39. The molecular formula is C6H5ClN4OS. The monoisotopic (exact) mass is 216 g/mol. The van der Waals surface area contributed by atoms with Gasteiger partial charge in [-0.2, -0.15) is 15.0 Å². The van der Waals surface area contributed by atoms with Crippen LogP contribution in [0.1, 0.15) is 6.92 Å². The van der Waals surface area contributed by atoms with Gasteiger partial charge in [0.15, 0.2) is 5.16 Å². The number of hydrogen-bond acceptors (Lipinski definition) is 6. The lowest BCUT2D eigenvalue weighted by Crippen LogP contribution is -1.91. The Balaban J connectivity index is 3.03. The van der Waals surface area contributed by atoms with Crippen LogP contribution < -0.4 is 0 Å². The Bertz CT molecular complexity index is 352. The van der Waals surface area contributed by atoms with E-state index in [-0.39, 0.29) is 11.2 Å². The van der Waals surface area contributed by atoms with E-state index in [9.17, 15) is 4.79 Å². The lowest BCUT2D eigenvalue weighted by molar-refractivity contribution is 0.565. The minimum atomic E-state index is -0.00838. The van der Waals surface area contributed by atoms with Gasteiger partial charge in [0.25, 0.3) is 5.95 Å². The van der Waals surface area contributed by atoms with E-state index >= 15 is 0 Å². The summed E-state index contributed by atoms with van der Waals surface area (Å²) in [6.07, 6.45) is 1.33. The van der Waals surface area contributed by atoms with Crippen LogP contribution in [-0.4, -0.2) is 26.8 Å². The van der Waals surface area contributed by atoms with Gasteiger partial charge in [0.1, 0.15) is 0 Å². The highest BCUT2D eigenvalue weighted by molar-refractivity contribution is 7.99. The minimum absolute atomic E-state index is 0.00838. The zero-order valence-electron chi connectivity index (χ0n) is 6.69. The number of rotatable bonds is 3. The van der Waals surface area contributed by atoms with E-state index in [1.165, 1.54) is 17.8 Å². The summed E-state index contributed by atoms with van der Waals surface area (Å²) in [5, 5.41) is 0.483. The molecule has 13 heavy (non-hydrogen) atoms. The summed E-state index contributed by atoms with van der Waals surface area (Å²) in [5.74, 6) is 0.802. The summed E-state index contributed by atoms with van der Waals surface area (Å²) in [7, 11) is 0. The lowest BCUT2D eigenvalue weighted by Gasteiger charge is -1.96. The molecule has 0 N–H and O–H groups in total. The summed E-state index contributed by atoms with van der Waals surface area (Å²) in [6, 6.07) is 0. The number of isocyanates is 1. The van der Waals surface area contributed by atoms with Gasteiger partial charge in [-0.1, -0.05) is 18.7 Å². The van der Waals surface area contributed by atoms with Crippen LogP contribution in [0.3, 0.4) is 0 Å². The molecular weight excluding hydrogens is 212 g/mol. The van der Waals surface area contributed by atoms with Crippen LogP contribution in [0, 0.1) is 0 Å². The molecule has 1 aromatic rings. The Hall–Kier alpha value is -0.970. The fourth-order valence-corrected chi connectivity index (χ4v) is 1.37. The van der Waals surface area contributed by atoms with Crippen molar-refractivity contribution in [2.75, 3.05) is 5.75 Å². The highest BCUT2D eigenvalue weighted by Gasteiger charge is 2.03. The molecule has 5 nitrogen and oxygen atoms in total. The topological polar surface area (TPSA) is 68.1 Å². The standard InChI is InChI=1S/C6H5ClN4OS/c1-2-13-6-10-4(7)9-5(11-6)8-3-12/h2H2,1H3. The van der Waals surface area contributed by atoms with Crippen LogP contribution in [0.25, 0.3) is 0 Å². The van der Waals surface area contributed by atoms with Gasteiger partial charge in [-0.25, -0.2) is 4.79 Å². The fraction of sp³-hybridized carbons (Fsp3) is 0.333. The average Bonchev–Trinajstić information content (AvgIpc) is 2.04. The first-order valence-corrected chi connectivity index (χ1v) is 4.75. The third-order valence-electron chi connectivity index (χ3n) is 0.995. The summed E-state index contributed by atoms with van der Waals surface area (Å²) in [4.78, 5) is 24.4. The number of halogens is 1. The first kappa shape index (κ1) is 10.1. The minimum Gasteiger partial charge on any atom is -0.211 e. The lowest BCUT2D eigenvalue weighted by atomic mass is 10.9. The van der Waals surface area contributed by atoms with Crippen LogP contribution in [0.15, 0.2) is 10.1 Å². The summed E-state index contributed by atoms with van der Waals surface area (Å²) in [6.45, 7) is 1.95. The van der Waals surface area contributed by atoms with Crippen molar-refractivity contribution < 1.29 is 4.79 Å². The van der Waals surface area contributed by atoms with Gasteiger partial charge in [0.05, 0.1) is 0 Å². The van der Waals surface area contributed by atoms with Gasteiger partial charge in [0.2, 0.25) is 11.4 Å². The Kier molecular flexibility index (Phi) is 3.82. The molecule has 0 aliphatic carbocycles. The molecule has 1 heterocycles. The smallest absolute Gasteiger partial charge is 0.211 e. The molecule has 1 aromatic heterocycles. The second kappa shape index (κ2) is 4.91. The maximum absolute atomic E-state index is 9.91. The van der Waals surface area contributed by atoms with Gasteiger partial charge in [0, 0.05) is 0 Å². The van der Waals surface area contributed by atoms with Crippen molar-refractivity contribution in [2.24, 2.45) is 4.99 Å².